The number of rotatable bonds is 1. The average Bonchev–Trinajstić information content (AvgIpc) is 2.36. The molecule has 0 spiro atoms. The number of aromatic hydroxyl groups is 1. The van der Waals surface area contributed by atoms with Crippen LogP contribution in [0.2, 0.25) is 0 Å². The van der Waals surface area contributed by atoms with E-state index in [1.807, 2.05) is 0 Å². The number of phenolic OH excluding ortho intramolecular Hbond substituents is 1. The van der Waals surface area contributed by atoms with Crippen LogP contribution in [-0.2, 0) is 0 Å². The van der Waals surface area contributed by atoms with Crippen LogP contribution in [-0.4, -0.2) is 5.11 Å². The second kappa shape index (κ2) is 4.41. The molecule has 0 aliphatic heterocycles. The van der Waals surface area contributed by atoms with E-state index in [1.54, 1.807) is 6.07 Å². The van der Waals surface area contributed by atoms with Gasteiger partial charge in [-0.2, -0.15) is 5.26 Å². The molecule has 5 heteroatoms. The predicted molar refractivity (Wildman–Crippen MR) is 58.1 cm³/mol. The third kappa shape index (κ3) is 2.00. The smallest absolute Gasteiger partial charge is 0.194 e. The maximum Gasteiger partial charge on any atom is 0.194 e. The molecule has 90 valence electrons. The Morgan fingerprint density at radius 3 is 2.11 bits per heavy atom. The highest BCUT2D eigenvalue weighted by atomic mass is 19.2. The monoisotopic (exact) mass is 249 g/mol. The molecule has 18 heavy (non-hydrogen) atoms. The van der Waals surface area contributed by atoms with Gasteiger partial charge in [-0.1, -0.05) is 6.07 Å². The largest absolute Gasteiger partial charge is 0.507 e. The first-order valence-corrected chi connectivity index (χ1v) is 4.91. The zero-order valence-electron chi connectivity index (χ0n) is 8.92. The Balaban J connectivity index is 2.60. The fourth-order valence-corrected chi connectivity index (χ4v) is 1.53. The van der Waals surface area contributed by atoms with E-state index < -0.39 is 17.5 Å². The van der Waals surface area contributed by atoms with Crippen LogP contribution in [0.5, 0.6) is 5.75 Å². The molecule has 2 nitrogen and oxygen atoms in total. The molecule has 0 unspecified atom stereocenters. The van der Waals surface area contributed by atoms with Crippen molar-refractivity contribution in [1.82, 2.24) is 0 Å². The standard InChI is InChI=1S/C13H6F3NO/c14-10-4-8(5-11(15)13(10)16)7-1-2-12(18)9(3-7)6-17/h1-5,18H. The molecule has 0 aromatic heterocycles. The van der Waals surface area contributed by atoms with E-state index in [0.29, 0.717) is 5.56 Å². The summed E-state index contributed by atoms with van der Waals surface area (Å²) >= 11 is 0. The van der Waals surface area contributed by atoms with E-state index in [9.17, 15) is 18.3 Å². The number of halogens is 3. The van der Waals surface area contributed by atoms with Gasteiger partial charge in [-0.05, 0) is 35.4 Å². The van der Waals surface area contributed by atoms with E-state index in [0.717, 1.165) is 12.1 Å². The van der Waals surface area contributed by atoms with Crippen LogP contribution in [0, 0.1) is 28.8 Å². The summed E-state index contributed by atoms with van der Waals surface area (Å²) in [4.78, 5) is 0. The third-order valence-electron chi connectivity index (χ3n) is 2.43. The van der Waals surface area contributed by atoms with Crippen molar-refractivity contribution in [3.8, 4) is 22.9 Å². The van der Waals surface area contributed by atoms with Gasteiger partial charge in [0, 0.05) is 0 Å². The van der Waals surface area contributed by atoms with Crippen molar-refractivity contribution in [2.24, 2.45) is 0 Å². The SMILES string of the molecule is N#Cc1cc(-c2cc(F)c(F)c(F)c2)ccc1O. The highest BCUT2D eigenvalue weighted by molar-refractivity contribution is 5.67. The minimum absolute atomic E-state index is 0.0300. The van der Waals surface area contributed by atoms with Crippen LogP contribution in [0.25, 0.3) is 11.1 Å². The molecule has 0 aliphatic rings. The zero-order chi connectivity index (χ0) is 13.3. The van der Waals surface area contributed by atoms with E-state index in [4.69, 9.17) is 5.26 Å². The topological polar surface area (TPSA) is 44.0 Å². The van der Waals surface area contributed by atoms with Crippen molar-refractivity contribution in [3.05, 3.63) is 53.3 Å². The van der Waals surface area contributed by atoms with E-state index in [1.165, 1.54) is 18.2 Å². The lowest BCUT2D eigenvalue weighted by molar-refractivity contribution is 0.447. The zero-order valence-corrected chi connectivity index (χ0v) is 8.92. The predicted octanol–water partition coefficient (Wildman–Crippen LogP) is 3.35. The molecule has 0 bridgehead atoms. The highest BCUT2D eigenvalue weighted by Crippen LogP contribution is 2.27. The number of hydrogen-bond acceptors (Lipinski definition) is 2. The van der Waals surface area contributed by atoms with Crippen LogP contribution < -0.4 is 0 Å². The van der Waals surface area contributed by atoms with Gasteiger partial charge in [0.15, 0.2) is 17.5 Å². The second-order valence-corrected chi connectivity index (χ2v) is 3.60. The van der Waals surface area contributed by atoms with Gasteiger partial charge in [0.1, 0.15) is 11.8 Å². The molecular formula is C13H6F3NO. The first-order valence-electron chi connectivity index (χ1n) is 4.91. The van der Waals surface area contributed by atoms with Gasteiger partial charge >= 0.3 is 0 Å². The maximum absolute atomic E-state index is 13.1. The second-order valence-electron chi connectivity index (χ2n) is 3.60. The Bertz CT molecular complexity index is 639. The van der Waals surface area contributed by atoms with Crippen molar-refractivity contribution in [2.45, 2.75) is 0 Å². The lowest BCUT2D eigenvalue weighted by atomic mass is 10.0. The maximum atomic E-state index is 13.1. The molecule has 0 amide bonds. The van der Waals surface area contributed by atoms with Crippen LogP contribution in [0.1, 0.15) is 5.56 Å². The number of benzene rings is 2. The van der Waals surface area contributed by atoms with Gasteiger partial charge in [-0.15, -0.1) is 0 Å². The number of phenols is 1. The molecule has 0 saturated heterocycles. The van der Waals surface area contributed by atoms with Crippen LogP contribution in [0.15, 0.2) is 30.3 Å². The van der Waals surface area contributed by atoms with Crippen molar-refractivity contribution in [1.29, 1.82) is 5.26 Å². The average molecular weight is 249 g/mol. The van der Waals surface area contributed by atoms with E-state index in [2.05, 4.69) is 0 Å². The fraction of sp³-hybridized carbons (Fsp3) is 0. The number of hydrogen-bond donors (Lipinski definition) is 1. The minimum atomic E-state index is -1.54. The Kier molecular flexibility index (Phi) is 2.94. The minimum Gasteiger partial charge on any atom is -0.507 e. The van der Waals surface area contributed by atoms with Gasteiger partial charge in [0.05, 0.1) is 5.56 Å². The molecule has 0 atom stereocenters. The van der Waals surface area contributed by atoms with Gasteiger partial charge in [0.25, 0.3) is 0 Å². The normalized spacial score (nSPS) is 10.1. The Morgan fingerprint density at radius 1 is 0.944 bits per heavy atom. The third-order valence-corrected chi connectivity index (χ3v) is 2.43. The Hall–Kier alpha value is -2.48. The molecule has 2 aromatic rings. The summed E-state index contributed by atoms with van der Waals surface area (Å²) in [5.41, 5.74) is 0.364. The summed E-state index contributed by atoms with van der Waals surface area (Å²) in [6, 6.07) is 7.26. The van der Waals surface area contributed by atoms with Gasteiger partial charge in [-0.3, -0.25) is 0 Å². The summed E-state index contributed by atoms with van der Waals surface area (Å²) in [6.45, 7) is 0. The van der Waals surface area contributed by atoms with Gasteiger partial charge in [0.2, 0.25) is 0 Å². The number of nitriles is 1. The van der Waals surface area contributed by atoms with Gasteiger partial charge < -0.3 is 5.11 Å². The summed E-state index contributed by atoms with van der Waals surface area (Å²) in [5.74, 6) is -4.39. The number of nitrogens with zero attached hydrogens (tertiary/aromatic N) is 1. The summed E-state index contributed by atoms with van der Waals surface area (Å²) in [7, 11) is 0. The molecule has 0 saturated carbocycles. The van der Waals surface area contributed by atoms with Gasteiger partial charge in [-0.25, -0.2) is 13.2 Å². The molecule has 1 N–H and O–H groups in total. The molecule has 0 fully saturated rings. The first kappa shape index (κ1) is 12.0. The molecule has 2 rings (SSSR count). The Morgan fingerprint density at radius 2 is 1.56 bits per heavy atom. The highest BCUT2D eigenvalue weighted by Gasteiger charge is 2.12. The van der Waals surface area contributed by atoms with E-state index in [-0.39, 0.29) is 16.9 Å². The molecule has 0 aliphatic carbocycles. The molecule has 2 aromatic carbocycles. The quantitative estimate of drug-likeness (QED) is 0.787. The van der Waals surface area contributed by atoms with Crippen molar-refractivity contribution < 1.29 is 18.3 Å². The van der Waals surface area contributed by atoms with Crippen LogP contribution in [0.3, 0.4) is 0 Å². The fourth-order valence-electron chi connectivity index (χ4n) is 1.53. The lowest BCUT2D eigenvalue weighted by Gasteiger charge is -2.05. The molecular weight excluding hydrogens is 243 g/mol. The van der Waals surface area contributed by atoms with Crippen molar-refractivity contribution in [2.75, 3.05) is 0 Å². The van der Waals surface area contributed by atoms with E-state index >= 15 is 0 Å². The van der Waals surface area contributed by atoms with Crippen molar-refractivity contribution in [3.63, 3.8) is 0 Å². The lowest BCUT2D eigenvalue weighted by Crippen LogP contribution is -1.92. The first-order chi connectivity index (χ1) is 8.52. The van der Waals surface area contributed by atoms with Crippen LogP contribution >= 0.6 is 0 Å². The summed E-state index contributed by atoms with van der Waals surface area (Å²) in [6.07, 6.45) is 0. The Labute approximate surface area is 101 Å². The molecule has 0 radical (unpaired) electrons. The summed E-state index contributed by atoms with van der Waals surface area (Å²) in [5, 5.41) is 18.0. The van der Waals surface area contributed by atoms with Crippen molar-refractivity contribution >= 4 is 0 Å². The van der Waals surface area contributed by atoms with Crippen LogP contribution in [0.4, 0.5) is 13.2 Å². The summed E-state index contributed by atoms with van der Waals surface area (Å²) < 4.78 is 38.9. The molecule has 0 heterocycles.